The van der Waals surface area contributed by atoms with Gasteiger partial charge in [0, 0.05) is 5.92 Å². The van der Waals surface area contributed by atoms with Gasteiger partial charge < -0.3 is 0 Å². The van der Waals surface area contributed by atoms with Gasteiger partial charge in [-0.2, -0.15) is 4.57 Å². The normalized spacial score (nSPS) is 12.4. The molecule has 0 amide bonds. The zero-order valence-electron chi connectivity index (χ0n) is 20.6. The molecular formula is C29H32N3S+. The Labute approximate surface area is 200 Å². The highest BCUT2D eigenvalue weighted by Crippen LogP contribution is 2.38. The molecule has 0 atom stereocenters. The predicted molar refractivity (Wildman–Crippen MR) is 141 cm³/mol. The smallest absolute Gasteiger partial charge is 0.240 e. The lowest BCUT2D eigenvalue weighted by molar-refractivity contribution is -0.633. The Bertz CT molecular complexity index is 1480. The third-order valence-corrected chi connectivity index (χ3v) is 7.83. The van der Waals surface area contributed by atoms with Crippen LogP contribution in [0.2, 0.25) is 0 Å². The third-order valence-electron chi connectivity index (χ3n) is 6.51. The van der Waals surface area contributed by atoms with Crippen LogP contribution < -0.4 is 4.57 Å². The summed E-state index contributed by atoms with van der Waals surface area (Å²) < 4.78 is 5.97. The number of hydrogen-bond donors (Lipinski definition) is 0. The van der Waals surface area contributed by atoms with Crippen LogP contribution in [-0.4, -0.2) is 9.55 Å². The van der Waals surface area contributed by atoms with Crippen molar-refractivity contribution in [3.8, 4) is 17.1 Å². The van der Waals surface area contributed by atoms with Crippen molar-refractivity contribution in [3.63, 3.8) is 0 Å². The molecule has 0 fully saturated rings. The first-order chi connectivity index (χ1) is 15.7. The fourth-order valence-electron chi connectivity index (χ4n) is 4.61. The van der Waals surface area contributed by atoms with Gasteiger partial charge in [0.15, 0.2) is 11.0 Å². The van der Waals surface area contributed by atoms with Crippen molar-refractivity contribution >= 4 is 32.6 Å². The van der Waals surface area contributed by atoms with Gasteiger partial charge in [0.2, 0.25) is 0 Å². The molecule has 0 N–H and O–H groups in total. The van der Waals surface area contributed by atoms with Gasteiger partial charge in [0.1, 0.15) is 5.69 Å². The number of aromatic nitrogens is 3. The second-order valence-corrected chi connectivity index (χ2v) is 11.4. The molecule has 5 aromatic rings. The van der Waals surface area contributed by atoms with E-state index < -0.39 is 0 Å². The first-order valence-electron chi connectivity index (χ1n) is 11.7. The van der Waals surface area contributed by atoms with E-state index in [-0.39, 0.29) is 5.41 Å². The Morgan fingerprint density at radius 1 is 0.939 bits per heavy atom. The van der Waals surface area contributed by atoms with Crippen LogP contribution >= 0.6 is 11.3 Å². The van der Waals surface area contributed by atoms with E-state index in [1.165, 1.54) is 48.9 Å². The molecule has 0 saturated carbocycles. The summed E-state index contributed by atoms with van der Waals surface area (Å²) >= 11 is 1.81. The van der Waals surface area contributed by atoms with Crippen molar-refractivity contribution in [2.24, 2.45) is 7.05 Å². The number of nitrogens with zero attached hydrogens (tertiary/aromatic N) is 3. The molecule has 0 saturated heterocycles. The maximum Gasteiger partial charge on any atom is 0.297 e. The molecule has 2 heterocycles. The maximum atomic E-state index is 5.13. The molecule has 168 valence electrons. The van der Waals surface area contributed by atoms with Gasteiger partial charge in [-0.15, -0.1) is 11.3 Å². The SMILES string of the molecule is Cc1ccc2sc(C(C)C)nc2c1-c1n(-c2ccc(C(C)(C)C)cc2)c2ccccc2[n+]1C. The number of aryl methyl sites for hydroxylation is 2. The summed E-state index contributed by atoms with van der Waals surface area (Å²) in [6.45, 7) is 13.4. The van der Waals surface area contributed by atoms with E-state index in [0.717, 1.165) is 5.52 Å². The molecule has 0 radical (unpaired) electrons. The number of rotatable bonds is 3. The summed E-state index contributed by atoms with van der Waals surface area (Å²) in [5, 5.41) is 1.19. The second kappa shape index (κ2) is 7.81. The lowest BCUT2D eigenvalue weighted by Gasteiger charge is -2.18. The van der Waals surface area contributed by atoms with Gasteiger partial charge in [0.25, 0.3) is 5.82 Å². The number of para-hydroxylation sites is 2. The lowest BCUT2D eigenvalue weighted by atomic mass is 9.87. The van der Waals surface area contributed by atoms with Gasteiger partial charge in [0.05, 0.1) is 27.8 Å². The zero-order valence-corrected chi connectivity index (χ0v) is 21.4. The Morgan fingerprint density at radius 3 is 2.30 bits per heavy atom. The molecule has 0 spiro atoms. The highest BCUT2D eigenvalue weighted by atomic mass is 32.1. The minimum Gasteiger partial charge on any atom is -0.240 e. The Kier molecular flexibility index (Phi) is 5.17. The molecule has 33 heavy (non-hydrogen) atoms. The first-order valence-corrected chi connectivity index (χ1v) is 12.5. The van der Waals surface area contributed by atoms with E-state index in [1.807, 2.05) is 11.3 Å². The number of thiazole rings is 1. The predicted octanol–water partition coefficient (Wildman–Crippen LogP) is 7.46. The minimum atomic E-state index is 0.126. The quantitative estimate of drug-likeness (QED) is 0.259. The van der Waals surface area contributed by atoms with Crippen LogP contribution in [0.1, 0.15) is 56.7 Å². The summed E-state index contributed by atoms with van der Waals surface area (Å²) in [5.41, 5.74) is 8.62. The molecule has 0 aliphatic heterocycles. The standard InChI is InChI=1S/C29H32N3S/c1-18(2)27-30-26-24(33-27)17-12-19(3)25(26)28-31(7)22-10-8-9-11-23(22)32(28)21-15-13-20(14-16-21)29(4,5)6/h8-18H,1-7H3/q+1. The Morgan fingerprint density at radius 2 is 1.64 bits per heavy atom. The minimum absolute atomic E-state index is 0.126. The van der Waals surface area contributed by atoms with Crippen molar-refractivity contribution in [1.29, 1.82) is 0 Å². The summed E-state index contributed by atoms with van der Waals surface area (Å²) in [5.74, 6) is 1.59. The highest BCUT2D eigenvalue weighted by Gasteiger charge is 2.30. The summed E-state index contributed by atoms with van der Waals surface area (Å²) in [4.78, 5) is 5.13. The molecule has 3 nitrogen and oxygen atoms in total. The molecule has 0 aliphatic rings. The molecule has 5 rings (SSSR count). The summed E-state index contributed by atoms with van der Waals surface area (Å²) in [7, 11) is 2.17. The highest BCUT2D eigenvalue weighted by molar-refractivity contribution is 7.18. The number of fused-ring (bicyclic) bond motifs is 2. The molecule has 4 heteroatoms. The van der Waals surface area contributed by atoms with Crippen molar-refractivity contribution in [2.75, 3.05) is 0 Å². The molecule has 0 bridgehead atoms. The average Bonchev–Trinajstić information content (AvgIpc) is 3.33. The monoisotopic (exact) mass is 454 g/mol. The molecular weight excluding hydrogens is 422 g/mol. The first kappa shape index (κ1) is 21.8. The van der Waals surface area contributed by atoms with E-state index in [9.17, 15) is 0 Å². The van der Waals surface area contributed by atoms with Gasteiger partial charge >= 0.3 is 0 Å². The van der Waals surface area contributed by atoms with Crippen LogP contribution in [0.5, 0.6) is 0 Å². The second-order valence-electron chi connectivity index (χ2n) is 10.3. The van der Waals surface area contributed by atoms with Crippen LogP contribution in [0.4, 0.5) is 0 Å². The van der Waals surface area contributed by atoms with Gasteiger partial charge in [-0.05, 0) is 53.8 Å². The van der Waals surface area contributed by atoms with Crippen molar-refractivity contribution in [3.05, 3.63) is 76.8 Å². The van der Waals surface area contributed by atoms with E-state index in [0.29, 0.717) is 5.92 Å². The Hall–Kier alpha value is -2.98. The zero-order chi connectivity index (χ0) is 23.5. The van der Waals surface area contributed by atoms with Crippen LogP contribution in [0.3, 0.4) is 0 Å². The Balaban J connectivity index is 1.86. The van der Waals surface area contributed by atoms with Gasteiger partial charge in [-0.25, -0.2) is 9.55 Å². The number of benzene rings is 3. The third kappa shape index (κ3) is 3.57. The van der Waals surface area contributed by atoms with Crippen molar-refractivity contribution < 1.29 is 4.57 Å². The van der Waals surface area contributed by atoms with Gasteiger partial charge in [-0.3, -0.25) is 0 Å². The number of imidazole rings is 1. The largest absolute Gasteiger partial charge is 0.297 e. The topological polar surface area (TPSA) is 21.7 Å². The van der Waals surface area contributed by atoms with Crippen LogP contribution in [0, 0.1) is 6.92 Å². The molecule has 0 unspecified atom stereocenters. The average molecular weight is 455 g/mol. The fraction of sp³-hybridized carbons (Fsp3) is 0.310. The number of hydrogen-bond acceptors (Lipinski definition) is 2. The van der Waals surface area contributed by atoms with Crippen LogP contribution in [-0.2, 0) is 12.5 Å². The molecule has 2 aromatic heterocycles. The fourth-order valence-corrected chi connectivity index (χ4v) is 5.59. The molecule has 3 aromatic carbocycles. The van der Waals surface area contributed by atoms with E-state index in [1.54, 1.807) is 0 Å². The van der Waals surface area contributed by atoms with Crippen LogP contribution in [0.25, 0.3) is 38.3 Å². The maximum absolute atomic E-state index is 5.13. The van der Waals surface area contributed by atoms with Crippen molar-refractivity contribution in [2.45, 2.75) is 52.9 Å². The summed E-state index contributed by atoms with van der Waals surface area (Å²) in [6.07, 6.45) is 0. The van der Waals surface area contributed by atoms with E-state index in [2.05, 4.69) is 118 Å². The van der Waals surface area contributed by atoms with E-state index in [4.69, 9.17) is 4.98 Å². The van der Waals surface area contributed by atoms with E-state index >= 15 is 0 Å². The summed E-state index contributed by atoms with van der Waals surface area (Å²) in [6, 6.07) is 22.2. The van der Waals surface area contributed by atoms with Gasteiger partial charge in [-0.1, -0.05) is 65.0 Å². The van der Waals surface area contributed by atoms with Crippen LogP contribution in [0.15, 0.2) is 60.7 Å². The van der Waals surface area contributed by atoms with Crippen molar-refractivity contribution in [1.82, 2.24) is 9.55 Å². The molecule has 0 aliphatic carbocycles. The lowest BCUT2D eigenvalue weighted by Crippen LogP contribution is -2.30.